The Labute approximate surface area is 125 Å². The van der Waals surface area contributed by atoms with Gasteiger partial charge >= 0.3 is 0 Å². The fourth-order valence-corrected chi connectivity index (χ4v) is 2.94. The molecule has 0 unspecified atom stereocenters. The van der Waals surface area contributed by atoms with Gasteiger partial charge in [0.25, 0.3) is 0 Å². The largest absolute Gasteiger partial charge is 0.308 e. The summed E-state index contributed by atoms with van der Waals surface area (Å²) in [5.74, 6) is 7.22. The predicted octanol–water partition coefficient (Wildman–Crippen LogP) is 2.66. The third kappa shape index (κ3) is 2.74. The lowest BCUT2D eigenvalue weighted by Gasteiger charge is -2.14. The van der Waals surface area contributed by atoms with Crippen molar-refractivity contribution in [3.05, 3.63) is 35.3 Å². The summed E-state index contributed by atoms with van der Waals surface area (Å²) in [6.07, 6.45) is 10.2. The molecular formula is C16H21N5. The molecule has 2 heterocycles. The average Bonchev–Trinajstić information content (AvgIpc) is 2.79. The van der Waals surface area contributed by atoms with E-state index in [-0.39, 0.29) is 0 Å². The van der Waals surface area contributed by atoms with Crippen molar-refractivity contribution < 1.29 is 0 Å². The van der Waals surface area contributed by atoms with Crippen LogP contribution in [-0.4, -0.2) is 15.0 Å². The molecule has 0 bridgehead atoms. The van der Waals surface area contributed by atoms with Gasteiger partial charge in [0, 0.05) is 29.2 Å². The van der Waals surface area contributed by atoms with Gasteiger partial charge in [-0.25, -0.2) is 15.8 Å². The van der Waals surface area contributed by atoms with E-state index in [1.165, 1.54) is 24.8 Å². The smallest absolute Gasteiger partial charge is 0.162 e. The van der Waals surface area contributed by atoms with E-state index in [1.54, 1.807) is 6.20 Å². The Morgan fingerprint density at radius 3 is 2.86 bits per heavy atom. The van der Waals surface area contributed by atoms with Crippen molar-refractivity contribution in [2.75, 3.05) is 5.43 Å². The van der Waals surface area contributed by atoms with Crippen LogP contribution in [0.3, 0.4) is 0 Å². The summed E-state index contributed by atoms with van der Waals surface area (Å²) in [7, 11) is 0. The Balaban J connectivity index is 2.13. The molecule has 0 saturated carbocycles. The van der Waals surface area contributed by atoms with E-state index in [9.17, 15) is 0 Å². The standard InChI is InChI=1S/C16H21N5/c1-2-11-10-18-9-8-12(11)15-19-14-7-5-3-4-6-13(14)16(20-15)21-17/h8-10H,2-7,17H2,1H3,(H,19,20,21). The van der Waals surface area contributed by atoms with Gasteiger partial charge in [0.1, 0.15) is 5.82 Å². The highest BCUT2D eigenvalue weighted by Crippen LogP contribution is 2.28. The van der Waals surface area contributed by atoms with Gasteiger partial charge in [0.2, 0.25) is 0 Å². The molecule has 3 rings (SSSR count). The topological polar surface area (TPSA) is 76.7 Å². The van der Waals surface area contributed by atoms with Gasteiger partial charge in [0.05, 0.1) is 0 Å². The van der Waals surface area contributed by atoms with E-state index in [0.29, 0.717) is 0 Å². The number of hydrazine groups is 1. The summed E-state index contributed by atoms with van der Waals surface area (Å²) in [5, 5.41) is 0. The van der Waals surface area contributed by atoms with Crippen molar-refractivity contribution in [2.45, 2.75) is 45.4 Å². The number of anilines is 1. The molecule has 1 aliphatic carbocycles. The van der Waals surface area contributed by atoms with Crippen molar-refractivity contribution in [1.29, 1.82) is 0 Å². The van der Waals surface area contributed by atoms with E-state index < -0.39 is 0 Å². The fourth-order valence-electron chi connectivity index (χ4n) is 2.94. The first-order chi connectivity index (χ1) is 10.3. The molecular weight excluding hydrogens is 262 g/mol. The lowest BCUT2D eigenvalue weighted by molar-refractivity contribution is 0.709. The lowest BCUT2D eigenvalue weighted by atomic mass is 10.1. The first-order valence-electron chi connectivity index (χ1n) is 7.63. The highest BCUT2D eigenvalue weighted by Gasteiger charge is 2.18. The van der Waals surface area contributed by atoms with E-state index in [2.05, 4.69) is 22.3 Å². The van der Waals surface area contributed by atoms with E-state index in [0.717, 1.165) is 47.7 Å². The van der Waals surface area contributed by atoms with E-state index in [1.807, 2.05) is 12.3 Å². The molecule has 110 valence electrons. The quantitative estimate of drug-likeness (QED) is 0.514. The second kappa shape index (κ2) is 6.18. The van der Waals surface area contributed by atoms with Crippen LogP contribution in [0.2, 0.25) is 0 Å². The molecule has 2 aromatic rings. The van der Waals surface area contributed by atoms with E-state index in [4.69, 9.17) is 10.8 Å². The molecule has 1 aliphatic rings. The van der Waals surface area contributed by atoms with Gasteiger partial charge in [-0.1, -0.05) is 13.3 Å². The average molecular weight is 283 g/mol. The maximum absolute atomic E-state index is 5.69. The summed E-state index contributed by atoms with van der Waals surface area (Å²) in [4.78, 5) is 13.7. The molecule has 3 N–H and O–H groups in total. The number of fused-ring (bicyclic) bond motifs is 1. The second-order valence-electron chi connectivity index (χ2n) is 5.41. The Hall–Kier alpha value is -2.01. The molecule has 5 nitrogen and oxygen atoms in total. The number of rotatable bonds is 3. The third-order valence-corrected chi connectivity index (χ3v) is 4.10. The third-order valence-electron chi connectivity index (χ3n) is 4.10. The van der Waals surface area contributed by atoms with Crippen molar-refractivity contribution in [2.24, 2.45) is 5.84 Å². The number of nitrogens with one attached hydrogen (secondary N) is 1. The van der Waals surface area contributed by atoms with Gasteiger partial charge in [-0.05, 0) is 43.7 Å². The zero-order chi connectivity index (χ0) is 14.7. The number of nitrogens with two attached hydrogens (primary N) is 1. The van der Waals surface area contributed by atoms with Crippen LogP contribution < -0.4 is 11.3 Å². The Bertz CT molecular complexity index is 639. The second-order valence-corrected chi connectivity index (χ2v) is 5.41. The molecule has 5 heteroatoms. The molecule has 0 atom stereocenters. The SMILES string of the molecule is CCc1cnccc1-c1nc2c(c(NN)n1)CCCCC2. The number of nitrogen functional groups attached to an aromatic ring is 1. The van der Waals surface area contributed by atoms with Crippen LogP contribution in [0.15, 0.2) is 18.5 Å². The highest BCUT2D eigenvalue weighted by atomic mass is 15.3. The van der Waals surface area contributed by atoms with Crippen LogP contribution in [-0.2, 0) is 19.3 Å². The van der Waals surface area contributed by atoms with Gasteiger partial charge < -0.3 is 5.43 Å². The number of aryl methyl sites for hydroxylation is 2. The van der Waals surface area contributed by atoms with Crippen LogP contribution >= 0.6 is 0 Å². The van der Waals surface area contributed by atoms with Crippen LogP contribution in [0.4, 0.5) is 5.82 Å². The summed E-state index contributed by atoms with van der Waals surface area (Å²) in [6.45, 7) is 2.12. The minimum atomic E-state index is 0.753. The minimum absolute atomic E-state index is 0.753. The number of hydrogen-bond acceptors (Lipinski definition) is 5. The zero-order valence-corrected chi connectivity index (χ0v) is 12.4. The molecule has 21 heavy (non-hydrogen) atoms. The van der Waals surface area contributed by atoms with Gasteiger partial charge in [0.15, 0.2) is 5.82 Å². The molecule has 0 aliphatic heterocycles. The Morgan fingerprint density at radius 1 is 1.19 bits per heavy atom. The zero-order valence-electron chi connectivity index (χ0n) is 12.4. The molecule has 0 amide bonds. The lowest BCUT2D eigenvalue weighted by Crippen LogP contribution is -2.14. The van der Waals surface area contributed by atoms with Gasteiger partial charge in [-0.2, -0.15) is 0 Å². The first kappa shape index (κ1) is 13.9. The van der Waals surface area contributed by atoms with Crippen molar-refractivity contribution in [3.63, 3.8) is 0 Å². The maximum Gasteiger partial charge on any atom is 0.162 e. The summed E-state index contributed by atoms with van der Waals surface area (Å²) in [6, 6.07) is 1.98. The summed E-state index contributed by atoms with van der Waals surface area (Å²) >= 11 is 0. The molecule has 0 saturated heterocycles. The van der Waals surface area contributed by atoms with E-state index >= 15 is 0 Å². The Kier molecular flexibility index (Phi) is 4.10. The number of pyridine rings is 1. The van der Waals surface area contributed by atoms with Crippen LogP contribution in [0.25, 0.3) is 11.4 Å². The summed E-state index contributed by atoms with van der Waals surface area (Å²) < 4.78 is 0. The van der Waals surface area contributed by atoms with Crippen molar-refractivity contribution in [3.8, 4) is 11.4 Å². The van der Waals surface area contributed by atoms with Gasteiger partial charge in [-0.15, -0.1) is 0 Å². The summed E-state index contributed by atoms with van der Waals surface area (Å²) in [5.41, 5.74) is 7.31. The number of nitrogens with zero attached hydrogens (tertiary/aromatic N) is 3. The van der Waals surface area contributed by atoms with Crippen molar-refractivity contribution >= 4 is 5.82 Å². The van der Waals surface area contributed by atoms with Crippen LogP contribution in [0, 0.1) is 0 Å². The minimum Gasteiger partial charge on any atom is -0.308 e. The highest BCUT2D eigenvalue weighted by molar-refractivity contribution is 5.63. The maximum atomic E-state index is 5.69. The molecule has 0 spiro atoms. The molecule has 0 aromatic carbocycles. The monoisotopic (exact) mass is 283 g/mol. The van der Waals surface area contributed by atoms with Crippen molar-refractivity contribution in [1.82, 2.24) is 15.0 Å². The fraction of sp³-hybridized carbons (Fsp3) is 0.438. The first-order valence-corrected chi connectivity index (χ1v) is 7.63. The normalized spacial score (nSPS) is 14.4. The number of hydrogen-bond donors (Lipinski definition) is 2. The predicted molar refractivity (Wildman–Crippen MR) is 83.7 cm³/mol. The van der Waals surface area contributed by atoms with Crippen LogP contribution in [0.5, 0.6) is 0 Å². The van der Waals surface area contributed by atoms with Gasteiger partial charge in [-0.3, -0.25) is 4.98 Å². The van der Waals surface area contributed by atoms with Crippen LogP contribution in [0.1, 0.15) is 43.0 Å². The molecule has 0 radical (unpaired) electrons. The molecule has 2 aromatic heterocycles. The Morgan fingerprint density at radius 2 is 2.05 bits per heavy atom. The molecule has 0 fully saturated rings. The number of aromatic nitrogens is 3.